The molecule has 0 unspecified atom stereocenters. The Bertz CT molecular complexity index is 583. The molecule has 0 N–H and O–H groups in total. The molecule has 0 spiro atoms. The molecule has 0 atom stereocenters. The Morgan fingerprint density at radius 3 is 2.61 bits per heavy atom. The highest BCUT2D eigenvalue weighted by Gasteiger charge is 2.28. The van der Waals surface area contributed by atoms with Gasteiger partial charge in [-0.3, -0.25) is 4.79 Å². The number of fused-ring (bicyclic) bond motifs is 1. The van der Waals surface area contributed by atoms with Crippen molar-refractivity contribution in [3.8, 4) is 0 Å². The third-order valence-electron chi connectivity index (χ3n) is 2.83. The Labute approximate surface area is 102 Å². The van der Waals surface area contributed by atoms with Gasteiger partial charge in [-0.1, -0.05) is 18.2 Å². The van der Waals surface area contributed by atoms with E-state index in [-0.39, 0.29) is 0 Å². The van der Waals surface area contributed by atoms with E-state index in [2.05, 4.69) is 0 Å². The van der Waals surface area contributed by atoms with Gasteiger partial charge in [0.15, 0.2) is 5.78 Å². The molecule has 0 aliphatic heterocycles. The number of aromatic nitrogens is 1. The Balaban J connectivity index is 2.28. The van der Waals surface area contributed by atoms with Crippen LogP contribution in [-0.4, -0.2) is 16.5 Å². The van der Waals surface area contributed by atoms with Crippen molar-refractivity contribution in [1.82, 2.24) is 4.57 Å². The van der Waals surface area contributed by atoms with Gasteiger partial charge in [0.05, 0.1) is 6.42 Å². The van der Waals surface area contributed by atoms with Crippen molar-refractivity contribution in [2.45, 2.75) is 19.0 Å². The molecule has 1 aromatic carbocycles. The van der Waals surface area contributed by atoms with Crippen LogP contribution in [0.3, 0.4) is 0 Å². The van der Waals surface area contributed by atoms with E-state index >= 15 is 0 Å². The minimum absolute atomic E-state index is 0.359. The fourth-order valence-corrected chi connectivity index (χ4v) is 1.95. The lowest BCUT2D eigenvalue weighted by atomic mass is 10.1. The van der Waals surface area contributed by atoms with Crippen LogP contribution >= 0.6 is 0 Å². The third kappa shape index (κ3) is 2.55. The summed E-state index contributed by atoms with van der Waals surface area (Å²) in [5.74, 6) is -0.468. The van der Waals surface area contributed by atoms with Gasteiger partial charge in [0.2, 0.25) is 0 Å². The summed E-state index contributed by atoms with van der Waals surface area (Å²) in [6, 6.07) is 7.17. The van der Waals surface area contributed by atoms with Crippen molar-refractivity contribution in [3.63, 3.8) is 0 Å². The average molecular weight is 255 g/mol. The molecule has 1 aromatic heterocycles. The first-order valence-corrected chi connectivity index (χ1v) is 5.52. The molecule has 2 nitrogen and oxygen atoms in total. The lowest BCUT2D eigenvalue weighted by molar-refractivity contribution is -0.133. The van der Waals surface area contributed by atoms with Gasteiger partial charge in [0.1, 0.15) is 0 Å². The number of aryl methyl sites for hydroxylation is 1. The molecule has 5 heteroatoms. The van der Waals surface area contributed by atoms with Crippen molar-refractivity contribution in [1.29, 1.82) is 0 Å². The molecule has 0 radical (unpaired) electrons. The summed E-state index contributed by atoms with van der Waals surface area (Å²) >= 11 is 0. The second kappa shape index (κ2) is 4.48. The second-order valence-corrected chi connectivity index (χ2v) is 4.21. The van der Waals surface area contributed by atoms with E-state index in [4.69, 9.17) is 0 Å². The predicted octanol–water partition coefficient (Wildman–Crippen LogP) is 3.70. The monoisotopic (exact) mass is 255 g/mol. The van der Waals surface area contributed by atoms with Crippen LogP contribution < -0.4 is 0 Å². The smallest absolute Gasteiger partial charge is 0.350 e. The molecule has 0 fully saturated rings. The molecule has 0 aliphatic rings. The Morgan fingerprint density at radius 1 is 1.28 bits per heavy atom. The lowest BCUT2D eigenvalue weighted by Gasteiger charge is -2.04. The molecular weight excluding hydrogens is 243 g/mol. The van der Waals surface area contributed by atoms with Crippen molar-refractivity contribution in [3.05, 3.63) is 36.0 Å². The first-order chi connectivity index (χ1) is 8.38. The summed E-state index contributed by atoms with van der Waals surface area (Å²) in [4.78, 5) is 11.8. The number of halogens is 3. The Kier molecular flexibility index (Phi) is 3.15. The molecule has 0 saturated carbocycles. The maximum Gasteiger partial charge on any atom is 0.389 e. The highest BCUT2D eigenvalue weighted by Crippen LogP contribution is 2.26. The van der Waals surface area contributed by atoms with Crippen molar-refractivity contribution in [2.75, 3.05) is 0 Å². The summed E-state index contributed by atoms with van der Waals surface area (Å²) in [6.45, 7) is 0. The van der Waals surface area contributed by atoms with Crippen molar-refractivity contribution in [2.24, 2.45) is 7.05 Å². The van der Waals surface area contributed by atoms with Gasteiger partial charge in [-0.25, -0.2) is 0 Å². The number of hydrogen-bond acceptors (Lipinski definition) is 1. The summed E-state index contributed by atoms with van der Waals surface area (Å²) in [7, 11) is 1.77. The number of para-hydroxylation sites is 1. The van der Waals surface area contributed by atoms with Gasteiger partial charge in [-0.05, 0) is 6.07 Å². The van der Waals surface area contributed by atoms with Crippen molar-refractivity contribution < 1.29 is 18.0 Å². The summed E-state index contributed by atoms with van der Waals surface area (Å²) in [5.41, 5.74) is 1.20. The number of benzene rings is 1. The molecule has 0 aliphatic carbocycles. The fourth-order valence-electron chi connectivity index (χ4n) is 1.95. The van der Waals surface area contributed by atoms with Crippen LogP contribution in [0.2, 0.25) is 0 Å². The Morgan fingerprint density at radius 2 is 1.94 bits per heavy atom. The summed E-state index contributed by atoms with van der Waals surface area (Å²) < 4.78 is 38.0. The molecule has 96 valence electrons. The lowest BCUT2D eigenvalue weighted by Crippen LogP contribution is -2.10. The van der Waals surface area contributed by atoms with Gasteiger partial charge >= 0.3 is 6.18 Å². The van der Waals surface area contributed by atoms with Crippen LogP contribution in [0.5, 0.6) is 0 Å². The van der Waals surface area contributed by atoms with E-state index in [1.165, 1.54) is 0 Å². The number of alkyl halides is 3. The molecule has 0 amide bonds. The normalized spacial score (nSPS) is 12.0. The maximum absolute atomic E-state index is 12.1. The van der Waals surface area contributed by atoms with Crippen LogP contribution in [0.4, 0.5) is 13.2 Å². The van der Waals surface area contributed by atoms with E-state index in [1.807, 2.05) is 12.1 Å². The molecular formula is C13H12F3NO. The molecule has 0 bridgehead atoms. The van der Waals surface area contributed by atoms with Crippen LogP contribution in [0, 0.1) is 0 Å². The zero-order valence-corrected chi connectivity index (χ0v) is 9.79. The minimum atomic E-state index is -4.29. The average Bonchev–Trinajstić information content (AvgIpc) is 2.64. The van der Waals surface area contributed by atoms with Gasteiger partial charge < -0.3 is 4.57 Å². The van der Waals surface area contributed by atoms with Crippen LogP contribution in [-0.2, 0) is 7.05 Å². The number of ketones is 1. The van der Waals surface area contributed by atoms with E-state index < -0.39 is 24.8 Å². The van der Waals surface area contributed by atoms with E-state index in [9.17, 15) is 18.0 Å². The third-order valence-corrected chi connectivity index (χ3v) is 2.83. The number of hydrogen-bond donors (Lipinski definition) is 0. The van der Waals surface area contributed by atoms with E-state index in [0.717, 1.165) is 5.52 Å². The van der Waals surface area contributed by atoms with Crippen LogP contribution in [0.1, 0.15) is 23.2 Å². The molecule has 1 heterocycles. The van der Waals surface area contributed by atoms with Crippen LogP contribution in [0.25, 0.3) is 10.9 Å². The summed E-state index contributed by atoms with van der Waals surface area (Å²) in [6.07, 6.45) is -4.28. The quantitative estimate of drug-likeness (QED) is 0.766. The fraction of sp³-hybridized carbons (Fsp3) is 0.308. The first kappa shape index (κ1) is 12.7. The van der Waals surface area contributed by atoms with E-state index in [0.29, 0.717) is 10.9 Å². The largest absolute Gasteiger partial charge is 0.389 e. The maximum atomic E-state index is 12.1. The van der Waals surface area contributed by atoms with Crippen LogP contribution in [0.15, 0.2) is 30.5 Å². The standard InChI is InChI=1S/C13H12F3NO/c1-17-8-10(9-4-2-3-5-11(9)17)12(18)6-7-13(14,15)16/h2-5,8H,6-7H2,1H3. The van der Waals surface area contributed by atoms with Gasteiger partial charge in [-0.15, -0.1) is 0 Å². The number of rotatable bonds is 3. The second-order valence-electron chi connectivity index (χ2n) is 4.21. The topological polar surface area (TPSA) is 22.0 Å². The first-order valence-electron chi connectivity index (χ1n) is 5.52. The number of Topliss-reactive ketones (excluding diaryl/α,β-unsaturated/α-hetero) is 1. The molecule has 2 aromatic rings. The molecule has 0 saturated heterocycles. The number of carbonyl (C=O) groups excluding carboxylic acids is 1. The minimum Gasteiger partial charge on any atom is -0.350 e. The van der Waals surface area contributed by atoms with E-state index in [1.54, 1.807) is 29.9 Å². The number of nitrogens with zero attached hydrogens (tertiary/aromatic N) is 1. The van der Waals surface area contributed by atoms with Gasteiger partial charge in [0, 0.05) is 36.1 Å². The zero-order valence-electron chi connectivity index (χ0n) is 9.79. The predicted molar refractivity (Wildman–Crippen MR) is 62.5 cm³/mol. The highest BCUT2D eigenvalue weighted by molar-refractivity contribution is 6.08. The molecule has 2 rings (SSSR count). The van der Waals surface area contributed by atoms with Crippen molar-refractivity contribution >= 4 is 16.7 Å². The number of carbonyl (C=O) groups is 1. The van der Waals surface area contributed by atoms with Gasteiger partial charge in [0.25, 0.3) is 0 Å². The summed E-state index contributed by atoms with van der Waals surface area (Å²) in [5, 5.41) is 0.701. The Hall–Kier alpha value is -1.78. The molecule has 18 heavy (non-hydrogen) atoms. The SMILES string of the molecule is Cn1cc(C(=O)CCC(F)(F)F)c2ccccc21. The highest BCUT2D eigenvalue weighted by atomic mass is 19.4. The van der Waals surface area contributed by atoms with Gasteiger partial charge in [-0.2, -0.15) is 13.2 Å². The zero-order chi connectivity index (χ0) is 13.3.